The van der Waals surface area contributed by atoms with E-state index >= 15 is 0 Å². The molecule has 0 saturated carbocycles. The number of methoxy groups -OCH3 is 1. The van der Waals surface area contributed by atoms with Crippen molar-refractivity contribution in [1.82, 2.24) is 4.90 Å². The molecule has 0 spiro atoms. The van der Waals surface area contributed by atoms with E-state index in [4.69, 9.17) is 28.6 Å². The maximum atomic E-state index is 11.1. The molecule has 1 rings (SSSR count). The van der Waals surface area contributed by atoms with Crippen molar-refractivity contribution in [3.05, 3.63) is 28.8 Å². The number of nitrogens with zero attached hydrogens (tertiary/aromatic N) is 1. The first kappa shape index (κ1) is 14.7. The molecular weight excluding hydrogens is 274 g/mol. The fraction of sp³-hybridized carbons (Fsp3) is 0.333. The van der Waals surface area contributed by atoms with Crippen molar-refractivity contribution >= 4 is 35.0 Å². The lowest BCUT2D eigenvalue weighted by atomic mass is 10.1. The van der Waals surface area contributed by atoms with E-state index in [0.29, 0.717) is 15.9 Å². The summed E-state index contributed by atoms with van der Waals surface area (Å²) in [7, 11) is 4.90. The first-order valence-electron chi connectivity index (χ1n) is 5.18. The van der Waals surface area contributed by atoms with Crippen LogP contribution in [0.5, 0.6) is 5.75 Å². The Morgan fingerprint density at radius 3 is 2.61 bits per heavy atom. The number of thiocarbonyl (C=S) groups is 1. The minimum atomic E-state index is -0.316. The Morgan fingerprint density at radius 1 is 1.44 bits per heavy atom. The molecule has 0 aliphatic rings. The van der Waals surface area contributed by atoms with Crippen LogP contribution in [-0.4, -0.2) is 37.2 Å². The highest BCUT2D eigenvalue weighted by Crippen LogP contribution is 2.26. The van der Waals surface area contributed by atoms with Gasteiger partial charge in [0.1, 0.15) is 5.75 Å². The highest BCUT2D eigenvalue weighted by molar-refractivity contribution is 7.80. The predicted octanol–water partition coefficient (Wildman–Crippen LogP) is 2.28. The zero-order valence-corrected chi connectivity index (χ0v) is 12.0. The molecule has 0 atom stereocenters. The number of halogens is 1. The smallest absolute Gasteiger partial charge is 0.309 e. The second kappa shape index (κ2) is 6.56. The number of hydrogen-bond donors (Lipinski definition) is 0. The second-order valence-electron chi connectivity index (χ2n) is 3.78. The summed E-state index contributed by atoms with van der Waals surface area (Å²) in [5, 5.41) is 0.721. The summed E-state index contributed by atoms with van der Waals surface area (Å²) in [6.07, 6.45) is 0.175. The molecule has 4 nitrogen and oxygen atoms in total. The Kier molecular flexibility index (Phi) is 5.37. The van der Waals surface area contributed by atoms with Gasteiger partial charge in [-0.2, -0.15) is 0 Å². The number of ether oxygens (including phenoxy) is 2. The molecule has 0 aromatic heterocycles. The molecule has 0 amide bonds. The van der Waals surface area contributed by atoms with Gasteiger partial charge < -0.3 is 14.4 Å². The lowest BCUT2D eigenvalue weighted by molar-refractivity contribution is -0.139. The standard InChI is InChI=1S/C12H14ClNO3S/c1-14(2)12(18)17-10-5-4-8(6-9(10)13)7-11(15)16-3/h4-6H,7H2,1-3H3. The zero-order chi connectivity index (χ0) is 13.7. The third-order valence-electron chi connectivity index (χ3n) is 2.13. The summed E-state index contributed by atoms with van der Waals surface area (Å²) in [6, 6.07) is 5.08. The van der Waals surface area contributed by atoms with Crippen molar-refractivity contribution in [2.45, 2.75) is 6.42 Å². The zero-order valence-electron chi connectivity index (χ0n) is 10.4. The Labute approximate surface area is 116 Å². The number of esters is 1. The molecule has 1 aromatic carbocycles. The van der Waals surface area contributed by atoms with Crippen molar-refractivity contribution in [3.63, 3.8) is 0 Å². The third kappa shape index (κ3) is 4.16. The molecular formula is C12H14ClNO3S. The quantitative estimate of drug-likeness (QED) is 0.630. The normalized spacial score (nSPS) is 9.78. The van der Waals surface area contributed by atoms with Crippen LogP contribution >= 0.6 is 23.8 Å². The summed E-state index contributed by atoms with van der Waals surface area (Å²) in [5.74, 6) is 0.146. The van der Waals surface area contributed by atoms with Crippen LogP contribution in [0.15, 0.2) is 18.2 Å². The molecule has 1 aromatic rings. The average Bonchev–Trinajstić information content (AvgIpc) is 2.32. The summed E-state index contributed by atoms with van der Waals surface area (Å²) in [4.78, 5) is 12.8. The Hall–Kier alpha value is -1.33. The maximum absolute atomic E-state index is 11.1. The second-order valence-corrected chi connectivity index (χ2v) is 4.54. The monoisotopic (exact) mass is 287 g/mol. The molecule has 0 saturated heterocycles. The molecule has 0 N–H and O–H groups in total. The van der Waals surface area contributed by atoms with E-state index in [0.717, 1.165) is 5.56 Å². The first-order chi connectivity index (χ1) is 8.43. The SMILES string of the molecule is COC(=O)Cc1ccc(OC(=S)N(C)C)c(Cl)c1. The molecule has 0 fully saturated rings. The largest absolute Gasteiger partial charge is 0.469 e. The van der Waals surface area contributed by atoms with E-state index in [1.807, 2.05) is 0 Å². The van der Waals surface area contributed by atoms with Crippen LogP contribution in [0.3, 0.4) is 0 Å². The Bertz CT molecular complexity index is 463. The highest BCUT2D eigenvalue weighted by atomic mass is 35.5. The van der Waals surface area contributed by atoms with Crippen molar-refractivity contribution < 1.29 is 14.3 Å². The van der Waals surface area contributed by atoms with E-state index in [1.165, 1.54) is 7.11 Å². The van der Waals surface area contributed by atoms with Crippen LogP contribution in [0.1, 0.15) is 5.56 Å². The number of rotatable bonds is 3. The molecule has 0 radical (unpaired) electrons. The topological polar surface area (TPSA) is 38.8 Å². The number of benzene rings is 1. The van der Waals surface area contributed by atoms with Gasteiger partial charge in [-0.1, -0.05) is 17.7 Å². The highest BCUT2D eigenvalue weighted by Gasteiger charge is 2.09. The third-order valence-corrected chi connectivity index (χ3v) is 2.88. The van der Waals surface area contributed by atoms with Crippen LogP contribution in [0.25, 0.3) is 0 Å². The van der Waals surface area contributed by atoms with Crippen molar-refractivity contribution in [3.8, 4) is 5.75 Å². The van der Waals surface area contributed by atoms with Crippen molar-refractivity contribution in [2.75, 3.05) is 21.2 Å². The molecule has 98 valence electrons. The molecule has 18 heavy (non-hydrogen) atoms. The molecule has 0 unspecified atom stereocenters. The van der Waals surface area contributed by atoms with Crippen LogP contribution in [0.2, 0.25) is 5.02 Å². The summed E-state index contributed by atoms with van der Waals surface area (Å²) in [6.45, 7) is 0. The van der Waals surface area contributed by atoms with Crippen LogP contribution in [0, 0.1) is 0 Å². The first-order valence-corrected chi connectivity index (χ1v) is 5.97. The van der Waals surface area contributed by atoms with Gasteiger partial charge in [-0.15, -0.1) is 0 Å². The minimum Gasteiger partial charge on any atom is -0.469 e. The van der Waals surface area contributed by atoms with Gasteiger partial charge in [0.25, 0.3) is 5.17 Å². The Morgan fingerprint density at radius 2 is 2.11 bits per heavy atom. The van der Waals surface area contributed by atoms with E-state index in [9.17, 15) is 4.79 Å². The van der Waals surface area contributed by atoms with Gasteiger partial charge in [-0.05, 0) is 29.9 Å². The lowest BCUT2D eigenvalue weighted by Gasteiger charge is -2.15. The molecule has 0 heterocycles. The van der Waals surface area contributed by atoms with E-state index < -0.39 is 0 Å². The van der Waals surface area contributed by atoms with Gasteiger partial charge in [0.2, 0.25) is 0 Å². The van der Waals surface area contributed by atoms with Crippen LogP contribution < -0.4 is 4.74 Å². The molecule has 0 aliphatic carbocycles. The number of carbonyl (C=O) groups excluding carboxylic acids is 1. The van der Waals surface area contributed by atoms with Crippen molar-refractivity contribution in [2.24, 2.45) is 0 Å². The summed E-state index contributed by atoms with van der Waals surface area (Å²) >= 11 is 11.1. The number of hydrogen-bond acceptors (Lipinski definition) is 4. The van der Waals surface area contributed by atoms with E-state index in [1.54, 1.807) is 37.2 Å². The van der Waals surface area contributed by atoms with Gasteiger partial charge in [-0.3, -0.25) is 4.79 Å². The van der Waals surface area contributed by atoms with Gasteiger partial charge >= 0.3 is 5.97 Å². The maximum Gasteiger partial charge on any atom is 0.309 e. The molecule has 0 bridgehead atoms. The van der Waals surface area contributed by atoms with E-state index in [-0.39, 0.29) is 12.4 Å². The average molecular weight is 288 g/mol. The van der Waals surface area contributed by atoms with Gasteiger partial charge in [0.05, 0.1) is 18.6 Å². The van der Waals surface area contributed by atoms with Gasteiger partial charge in [-0.25, -0.2) is 0 Å². The lowest BCUT2D eigenvalue weighted by Crippen LogP contribution is -2.25. The van der Waals surface area contributed by atoms with Crippen molar-refractivity contribution in [1.29, 1.82) is 0 Å². The fourth-order valence-corrected chi connectivity index (χ4v) is 1.49. The van der Waals surface area contributed by atoms with Gasteiger partial charge in [0.15, 0.2) is 0 Å². The Balaban J connectivity index is 2.80. The molecule has 0 aliphatic heterocycles. The predicted molar refractivity (Wildman–Crippen MR) is 74.1 cm³/mol. The fourth-order valence-electron chi connectivity index (χ4n) is 1.16. The summed E-state index contributed by atoms with van der Waals surface area (Å²) < 4.78 is 9.98. The van der Waals surface area contributed by atoms with Crippen LogP contribution in [0.4, 0.5) is 0 Å². The van der Waals surface area contributed by atoms with Gasteiger partial charge in [0, 0.05) is 14.1 Å². The van der Waals surface area contributed by atoms with Crippen LogP contribution in [-0.2, 0) is 16.0 Å². The van der Waals surface area contributed by atoms with E-state index in [2.05, 4.69) is 4.74 Å². The molecule has 6 heteroatoms. The number of carbonyl (C=O) groups is 1. The summed E-state index contributed by atoms with van der Waals surface area (Å²) in [5.41, 5.74) is 0.759. The minimum absolute atomic E-state index is 0.175.